The molecule has 1 aliphatic heterocycles. The third-order valence-corrected chi connectivity index (χ3v) is 4.84. The van der Waals surface area contributed by atoms with Gasteiger partial charge < -0.3 is 9.63 Å². The number of hydrogen-bond donors (Lipinski definition) is 1. The van der Waals surface area contributed by atoms with Crippen molar-refractivity contribution in [1.29, 1.82) is 0 Å². The fourth-order valence-corrected chi connectivity index (χ4v) is 3.36. The van der Waals surface area contributed by atoms with Crippen LogP contribution in [0.1, 0.15) is 29.5 Å². The van der Waals surface area contributed by atoms with Gasteiger partial charge in [-0.15, -0.1) is 0 Å². The zero-order valence-electron chi connectivity index (χ0n) is 14.8. The zero-order valence-corrected chi connectivity index (χ0v) is 14.8. The summed E-state index contributed by atoms with van der Waals surface area (Å²) < 4.78 is 32.3. The molecule has 0 bridgehead atoms. The monoisotopic (exact) mass is 371 g/mol. The van der Waals surface area contributed by atoms with Gasteiger partial charge in [-0.05, 0) is 42.7 Å². The minimum Gasteiger partial charge on any atom is -0.392 e. The van der Waals surface area contributed by atoms with Gasteiger partial charge in [-0.1, -0.05) is 29.4 Å². The van der Waals surface area contributed by atoms with E-state index in [0.717, 1.165) is 5.56 Å². The maximum atomic E-state index is 13.8. The number of halogens is 2. The molecule has 0 radical (unpaired) electrons. The molecule has 1 fully saturated rings. The molecule has 140 valence electrons. The van der Waals surface area contributed by atoms with Gasteiger partial charge in [0.05, 0.1) is 12.1 Å². The third-order valence-electron chi connectivity index (χ3n) is 4.84. The number of hydrogen-bond acceptors (Lipinski definition) is 5. The number of rotatable bonds is 4. The van der Waals surface area contributed by atoms with Gasteiger partial charge in [0, 0.05) is 18.7 Å². The molecular weight excluding hydrogens is 352 g/mol. The van der Waals surface area contributed by atoms with E-state index in [4.69, 9.17) is 4.52 Å². The van der Waals surface area contributed by atoms with Crippen molar-refractivity contribution in [2.24, 2.45) is 0 Å². The van der Waals surface area contributed by atoms with Crippen molar-refractivity contribution in [2.75, 3.05) is 6.54 Å². The van der Waals surface area contributed by atoms with Gasteiger partial charge in [0.2, 0.25) is 11.7 Å². The summed E-state index contributed by atoms with van der Waals surface area (Å²) in [6.45, 7) is 2.67. The molecule has 4 rings (SSSR count). The molecule has 2 unspecified atom stereocenters. The molecule has 2 atom stereocenters. The normalized spacial score (nSPS) is 20.3. The summed E-state index contributed by atoms with van der Waals surface area (Å²) in [5.74, 6) is 0.0772. The molecule has 3 aromatic rings. The second kappa shape index (κ2) is 7.17. The number of nitrogens with zero attached hydrogens (tertiary/aromatic N) is 3. The Morgan fingerprint density at radius 1 is 1.19 bits per heavy atom. The average Bonchev–Trinajstić information content (AvgIpc) is 3.26. The Morgan fingerprint density at radius 3 is 2.70 bits per heavy atom. The van der Waals surface area contributed by atoms with Crippen molar-refractivity contribution in [3.8, 4) is 11.4 Å². The molecule has 0 amide bonds. The molecule has 27 heavy (non-hydrogen) atoms. The van der Waals surface area contributed by atoms with Crippen LogP contribution in [0.25, 0.3) is 11.4 Å². The smallest absolute Gasteiger partial charge is 0.244 e. The molecule has 1 aromatic heterocycles. The van der Waals surface area contributed by atoms with E-state index in [-0.39, 0.29) is 17.7 Å². The van der Waals surface area contributed by atoms with E-state index in [0.29, 0.717) is 42.4 Å². The maximum Gasteiger partial charge on any atom is 0.244 e. The summed E-state index contributed by atoms with van der Waals surface area (Å²) >= 11 is 0. The van der Waals surface area contributed by atoms with E-state index in [2.05, 4.69) is 10.1 Å². The Morgan fingerprint density at radius 2 is 1.96 bits per heavy atom. The summed E-state index contributed by atoms with van der Waals surface area (Å²) in [4.78, 5) is 6.44. The lowest BCUT2D eigenvalue weighted by Crippen LogP contribution is -2.24. The van der Waals surface area contributed by atoms with Crippen molar-refractivity contribution in [1.82, 2.24) is 15.0 Å². The lowest BCUT2D eigenvalue weighted by atomic mass is 10.1. The number of benzene rings is 2. The second-order valence-electron chi connectivity index (χ2n) is 6.88. The highest BCUT2D eigenvalue weighted by Gasteiger charge is 2.36. The van der Waals surface area contributed by atoms with Crippen molar-refractivity contribution in [3.63, 3.8) is 0 Å². The molecule has 1 saturated heterocycles. The number of β-amino-alcohol motifs (C(OH)–C–C–N with tert-alkyl or cyclic N) is 1. The Balaban J connectivity index is 1.56. The fraction of sp³-hybridized carbons (Fsp3) is 0.300. The van der Waals surface area contributed by atoms with E-state index in [1.165, 1.54) is 18.2 Å². The van der Waals surface area contributed by atoms with E-state index in [9.17, 15) is 13.9 Å². The molecule has 1 N–H and O–H groups in total. The Bertz CT molecular complexity index is 943. The van der Waals surface area contributed by atoms with Gasteiger partial charge in [0.15, 0.2) is 0 Å². The number of aliphatic hydroxyl groups is 1. The molecule has 0 spiro atoms. The van der Waals surface area contributed by atoms with Crippen LogP contribution >= 0.6 is 0 Å². The van der Waals surface area contributed by atoms with Crippen LogP contribution in [0.2, 0.25) is 0 Å². The molecular formula is C20H19F2N3O2. The summed E-state index contributed by atoms with van der Waals surface area (Å²) in [6, 6.07) is 10.8. The molecule has 7 heteroatoms. The molecule has 2 aromatic carbocycles. The highest BCUT2D eigenvalue weighted by Crippen LogP contribution is 2.33. The van der Waals surface area contributed by atoms with Crippen molar-refractivity contribution < 1.29 is 18.4 Å². The second-order valence-corrected chi connectivity index (χ2v) is 6.88. The number of aliphatic hydroxyl groups excluding tert-OH is 1. The highest BCUT2D eigenvalue weighted by atomic mass is 19.1. The summed E-state index contributed by atoms with van der Waals surface area (Å²) in [5.41, 5.74) is 2.01. The first-order chi connectivity index (χ1) is 13.0. The van der Waals surface area contributed by atoms with Gasteiger partial charge in [-0.3, -0.25) is 4.90 Å². The molecule has 0 aliphatic carbocycles. The topological polar surface area (TPSA) is 62.4 Å². The van der Waals surface area contributed by atoms with E-state index >= 15 is 0 Å². The Kier molecular flexibility index (Phi) is 4.72. The summed E-state index contributed by atoms with van der Waals surface area (Å²) in [5, 5.41) is 14.1. The van der Waals surface area contributed by atoms with Gasteiger partial charge in [0.25, 0.3) is 0 Å². The lowest BCUT2D eigenvalue weighted by molar-refractivity contribution is 0.169. The molecule has 2 heterocycles. The summed E-state index contributed by atoms with van der Waals surface area (Å²) in [7, 11) is 0. The van der Waals surface area contributed by atoms with Crippen LogP contribution in [-0.4, -0.2) is 32.8 Å². The van der Waals surface area contributed by atoms with Crippen molar-refractivity contribution >= 4 is 0 Å². The minimum absolute atomic E-state index is 0.249. The first kappa shape index (κ1) is 17.8. The van der Waals surface area contributed by atoms with Gasteiger partial charge >= 0.3 is 0 Å². The highest BCUT2D eigenvalue weighted by molar-refractivity contribution is 5.55. The maximum absolute atomic E-state index is 13.8. The van der Waals surface area contributed by atoms with Gasteiger partial charge in [-0.2, -0.15) is 4.98 Å². The van der Waals surface area contributed by atoms with Gasteiger partial charge in [0.1, 0.15) is 11.6 Å². The number of likely N-dealkylation sites (tertiary alicyclic amines) is 1. The quantitative estimate of drug-likeness (QED) is 0.759. The van der Waals surface area contributed by atoms with Crippen molar-refractivity contribution in [2.45, 2.75) is 32.0 Å². The minimum atomic E-state index is -0.511. The van der Waals surface area contributed by atoms with E-state index < -0.39 is 6.10 Å². The van der Waals surface area contributed by atoms with E-state index in [1.54, 1.807) is 31.2 Å². The summed E-state index contributed by atoms with van der Waals surface area (Å²) in [6.07, 6.45) is -0.0481. The van der Waals surface area contributed by atoms with Crippen LogP contribution in [0.3, 0.4) is 0 Å². The first-order valence-electron chi connectivity index (χ1n) is 8.76. The molecule has 0 saturated carbocycles. The Hall–Kier alpha value is -2.64. The molecule has 1 aliphatic rings. The third kappa shape index (κ3) is 3.74. The predicted octanol–water partition coefficient (Wildman–Crippen LogP) is 3.63. The standard InChI is InChI=1S/C20H19F2N3O2/c1-12-2-5-14(8-17(12)22)19-23-20(27-24-19)18-9-16(26)11-25(18)10-13-3-6-15(21)7-4-13/h2-8,16,18,26H,9-11H2,1H3. The number of aryl methyl sites for hydroxylation is 1. The van der Waals surface area contributed by atoms with Crippen LogP contribution in [0.5, 0.6) is 0 Å². The zero-order chi connectivity index (χ0) is 19.0. The SMILES string of the molecule is Cc1ccc(-c2noc(C3CC(O)CN3Cc3ccc(F)cc3)n2)cc1F. The number of aromatic nitrogens is 2. The first-order valence-corrected chi connectivity index (χ1v) is 8.76. The van der Waals surface area contributed by atoms with Crippen LogP contribution < -0.4 is 0 Å². The van der Waals surface area contributed by atoms with Crippen LogP contribution in [0.4, 0.5) is 8.78 Å². The van der Waals surface area contributed by atoms with Crippen LogP contribution in [0.15, 0.2) is 47.0 Å². The Labute approximate surface area is 155 Å². The van der Waals surface area contributed by atoms with Crippen molar-refractivity contribution in [3.05, 3.63) is 71.1 Å². The van der Waals surface area contributed by atoms with Crippen LogP contribution in [0, 0.1) is 18.6 Å². The van der Waals surface area contributed by atoms with Crippen LogP contribution in [-0.2, 0) is 6.54 Å². The largest absolute Gasteiger partial charge is 0.392 e. The van der Waals surface area contributed by atoms with Gasteiger partial charge in [-0.25, -0.2) is 8.78 Å². The predicted molar refractivity (Wildman–Crippen MR) is 94.6 cm³/mol. The average molecular weight is 371 g/mol. The fourth-order valence-electron chi connectivity index (χ4n) is 3.36. The molecule has 5 nitrogen and oxygen atoms in total. The van der Waals surface area contributed by atoms with E-state index in [1.807, 2.05) is 4.90 Å². The lowest BCUT2D eigenvalue weighted by Gasteiger charge is -2.21.